The lowest BCUT2D eigenvalue weighted by Crippen LogP contribution is -2.12. The van der Waals surface area contributed by atoms with E-state index in [2.05, 4.69) is 31.0 Å². The van der Waals surface area contributed by atoms with Gasteiger partial charge in [0.05, 0.1) is 22.4 Å². The molecule has 0 spiro atoms. The van der Waals surface area contributed by atoms with Crippen molar-refractivity contribution < 1.29 is 0 Å². The molecule has 1 aliphatic rings. The molecule has 0 bridgehead atoms. The summed E-state index contributed by atoms with van der Waals surface area (Å²) in [5.74, 6) is 1.00. The third kappa shape index (κ3) is 1.33. The Labute approximate surface area is 95.0 Å². The Morgan fingerprint density at radius 2 is 1.69 bits per heavy atom. The lowest BCUT2D eigenvalue weighted by atomic mass is 9.87. The molecule has 0 aliphatic heterocycles. The number of benzene rings is 1. The predicted octanol–water partition coefficient (Wildman–Crippen LogP) is 3.40. The molecule has 2 nitrogen and oxygen atoms in total. The molecule has 1 heterocycles. The number of para-hydroxylation sites is 2. The number of aromatic nitrogens is 2. The standard InChI is InChI=1S/C14H14N2/c1-9-7-8-13-14(10(9)2)16-12-6-4-3-5-11(12)15-13/h3-10H,1-2H3. The molecule has 3 rings (SSSR count). The van der Waals surface area contributed by atoms with Gasteiger partial charge < -0.3 is 0 Å². The first kappa shape index (κ1) is 9.52. The van der Waals surface area contributed by atoms with Crippen LogP contribution in [0.25, 0.3) is 17.1 Å². The molecule has 0 fully saturated rings. The zero-order chi connectivity index (χ0) is 11.1. The molecule has 2 unspecified atom stereocenters. The number of fused-ring (bicyclic) bond motifs is 2. The summed E-state index contributed by atoms with van der Waals surface area (Å²) in [6, 6.07) is 8.05. The summed E-state index contributed by atoms with van der Waals surface area (Å²) in [4.78, 5) is 9.38. The first-order valence-electron chi connectivity index (χ1n) is 5.70. The van der Waals surface area contributed by atoms with Crippen molar-refractivity contribution in [1.82, 2.24) is 9.97 Å². The van der Waals surface area contributed by atoms with Crippen LogP contribution in [0, 0.1) is 5.92 Å². The number of rotatable bonds is 0. The molecule has 80 valence electrons. The van der Waals surface area contributed by atoms with Crippen LogP contribution in [0.2, 0.25) is 0 Å². The van der Waals surface area contributed by atoms with Crippen molar-refractivity contribution in [2.45, 2.75) is 19.8 Å². The summed E-state index contributed by atoms with van der Waals surface area (Å²) in [5, 5.41) is 0. The molecule has 2 aromatic rings. The highest BCUT2D eigenvalue weighted by Gasteiger charge is 2.21. The van der Waals surface area contributed by atoms with Gasteiger partial charge in [0, 0.05) is 5.92 Å². The van der Waals surface area contributed by atoms with E-state index < -0.39 is 0 Å². The Bertz CT molecular complexity index is 572. The largest absolute Gasteiger partial charge is 0.249 e. The highest BCUT2D eigenvalue weighted by Crippen LogP contribution is 2.32. The normalized spacial score (nSPS) is 23.4. The molecule has 0 saturated carbocycles. The predicted molar refractivity (Wildman–Crippen MR) is 66.2 cm³/mol. The number of hydrogen-bond donors (Lipinski definition) is 0. The minimum Gasteiger partial charge on any atom is -0.249 e. The summed E-state index contributed by atoms with van der Waals surface area (Å²) >= 11 is 0. The quantitative estimate of drug-likeness (QED) is 0.666. The van der Waals surface area contributed by atoms with Gasteiger partial charge >= 0.3 is 0 Å². The SMILES string of the molecule is CC1C=Cc2nc3ccccc3nc2C1C. The number of allylic oxidation sites excluding steroid dienone is 1. The van der Waals surface area contributed by atoms with Crippen LogP contribution in [0.1, 0.15) is 31.2 Å². The zero-order valence-corrected chi connectivity index (χ0v) is 9.51. The van der Waals surface area contributed by atoms with Crippen molar-refractivity contribution in [3.63, 3.8) is 0 Å². The fourth-order valence-corrected chi connectivity index (χ4v) is 2.14. The Morgan fingerprint density at radius 1 is 1.00 bits per heavy atom. The zero-order valence-electron chi connectivity index (χ0n) is 9.51. The Balaban J connectivity index is 2.29. The Hall–Kier alpha value is -1.70. The lowest BCUT2D eigenvalue weighted by molar-refractivity contribution is 0.569. The molecule has 2 atom stereocenters. The van der Waals surface area contributed by atoms with Crippen molar-refractivity contribution in [3.8, 4) is 0 Å². The first-order valence-corrected chi connectivity index (χ1v) is 5.70. The number of hydrogen-bond acceptors (Lipinski definition) is 2. The van der Waals surface area contributed by atoms with Crippen molar-refractivity contribution in [3.05, 3.63) is 41.7 Å². The first-order chi connectivity index (χ1) is 7.75. The van der Waals surface area contributed by atoms with Crippen LogP contribution < -0.4 is 0 Å². The minimum atomic E-state index is 0.456. The van der Waals surface area contributed by atoms with Gasteiger partial charge in [0.2, 0.25) is 0 Å². The smallest absolute Gasteiger partial charge is 0.0894 e. The fraction of sp³-hybridized carbons (Fsp3) is 0.286. The van der Waals surface area contributed by atoms with Gasteiger partial charge in [-0.1, -0.05) is 32.1 Å². The second-order valence-electron chi connectivity index (χ2n) is 4.49. The van der Waals surface area contributed by atoms with E-state index in [0.717, 1.165) is 22.4 Å². The molecule has 1 aromatic carbocycles. The monoisotopic (exact) mass is 210 g/mol. The summed E-state index contributed by atoms with van der Waals surface area (Å²) in [7, 11) is 0. The van der Waals surface area contributed by atoms with Gasteiger partial charge in [0.15, 0.2) is 0 Å². The van der Waals surface area contributed by atoms with E-state index in [1.807, 2.05) is 24.3 Å². The summed E-state index contributed by atoms with van der Waals surface area (Å²) < 4.78 is 0. The van der Waals surface area contributed by atoms with E-state index in [9.17, 15) is 0 Å². The van der Waals surface area contributed by atoms with Crippen LogP contribution in [-0.2, 0) is 0 Å². The van der Waals surface area contributed by atoms with Crippen LogP contribution in [-0.4, -0.2) is 9.97 Å². The van der Waals surface area contributed by atoms with E-state index in [1.54, 1.807) is 0 Å². The summed E-state index contributed by atoms with van der Waals surface area (Å²) in [6.07, 6.45) is 4.32. The molecular formula is C14H14N2. The van der Waals surface area contributed by atoms with Gasteiger partial charge in [-0.15, -0.1) is 0 Å². The van der Waals surface area contributed by atoms with Crippen LogP contribution >= 0.6 is 0 Å². The van der Waals surface area contributed by atoms with Crippen molar-refractivity contribution in [1.29, 1.82) is 0 Å². The van der Waals surface area contributed by atoms with E-state index in [4.69, 9.17) is 4.98 Å². The molecule has 2 heteroatoms. The second-order valence-corrected chi connectivity index (χ2v) is 4.49. The Kier molecular flexibility index (Phi) is 2.03. The topological polar surface area (TPSA) is 25.8 Å². The van der Waals surface area contributed by atoms with Gasteiger partial charge in [-0.05, 0) is 24.1 Å². The van der Waals surface area contributed by atoms with Gasteiger partial charge in [0.25, 0.3) is 0 Å². The van der Waals surface area contributed by atoms with Crippen molar-refractivity contribution in [2.24, 2.45) is 5.92 Å². The number of nitrogens with zero attached hydrogens (tertiary/aromatic N) is 2. The van der Waals surface area contributed by atoms with Gasteiger partial charge in [-0.25, -0.2) is 9.97 Å². The third-order valence-corrected chi connectivity index (χ3v) is 3.40. The molecule has 16 heavy (non-hydrogen) atoms. The van der Waals surface area contributed by atoms with Crippen molar-refractivity contribution >= 4 is 17.1 Å². The average Bonchev–Trinajstić information content (AvgIpc) is 2.32. The molecule has 1 aliphatic carbocycles. The Morgan fingerprint density at radius 3 is 2.44 bits per heavy atom. The van der Waals surface area contributed by atoms with E-state index in [-0.39, 0.29) is 0 Å². The van der Waals surface area contributed by atoms with Crippen molar-refractivity contribution in [2.75, 3.05) is 0 Å². The fourth-order valence-electron chi connectivity index (χ4n) is 2.14. The molecule has 0 amide bonds. The average molecular weight is 210 g/mol. The molecule has 1 aromatic heterocycles. The molecule has 0 N–H and O–H groups in total. The third-order valence-electron chi connectivity index (χ3n) is 3.40. The molecule has 0 radical (unpaired) electrons. The molecule has 0 saturated heterocycles. The maximum Gasteiger partial charge on any atom is 0.0894 e. The lowest BCUT2D eigenvalue weighted by Gasteiger charge is -2.22. The van der Waals surface area contributed by atoms with E-state index in [1.165, 1.54) is 0 Å². The maximum absolute atomic E-state index is 4.73. The van der Waals surface area contributed by atoms with Crippen LogP contribution in [0.3, 0.4) is 0 Å². The highest BCUT2D eigenvalue weighted by atomic mass is 14.8. The van der Waals surface area contributed by atoms with E-state index >= 15 is 0 Å². The van der Waals surface area contributed by atoms with Crippen LogP contribution in [0.4, 0.5) is 0 Å². The van der Waals surface area contributed by atoms with E-state index in [0.29, 0.717) is 11.8 Å². The van der Waals surface area contributed by atoms with Gasteiger partial charge in [-0.3, -0.25) is 0 Å². The van der Waals surface area contributed by atoms with Gasteiger partial charge in [-0.2, -0.15) is 0 Å². The minimum absolute atomic E-state index is 0.456. The summed E-state index contributed by atoms with van der Waals surface area (Å²) in [5.41, 5.74) is 4.14. The second kappa shape index (κ2) is 3.41. The summed E-state index contributed by atoms with van der Waals surface area (Å²) in [6.45, 7) is 4.44. The van der Waals surface area contributed by atoms with Gasteiger partial charge in [0.1, 0.15) is 0 Å². The van der Waals surface area contributed by atoms with Crippen LogP contribution in [0.5, 0.6) is 0 Å². The molecular weight excluding hydrogens is 196 g/mol. The maximum atomic E-state index is 4.73. The van der Waals surface area contributed by atoms with Crippen LogP contribution in [0.15, 0.2) is 30.3 Å². The highest BCUT2D eigenvalue weighted by molar-refractivity contribution is 5.76.